The van der Waals surface area contributed by atoms with Crippen LogP contribution in [-0.4, -0.2) is 126 Å². The first-order valence-corrected chi connectivity index (χ1v) is 13.1. The minimum atomic E-state index is -6.83. The van der Waals surface area contributed by atoms with Gasteiger partial charge < -0.3 is 70.5 Å². The summed E-state index contributed by atoms with van der Waals surface area (Å²) in [5.74, 6) is 0. The summed E-state index contributed by atoms with van der Waals surface area (Å²) in [6.07, 6.45) is 0. The largest absolute Gasteiger partial charge is 1.04 e. The molecule has 0 rings (SSSR count). The van der Waals surface area contributed by atoms with Crippen molar-refractivity contribution in [3.63, 3.8) is 0 Å². The maximum Gasteiger partial charge on any atom is 1.04 e. The van der Waals surface area contributed by atoms with Crippen LogP contribution in [-0.2, 0) is 0 Å². The van der Waals surface area contributed by atoms with Crippen LogP contribution in [0.4, 0.5) is 70.5 Å². The van der Waals surface area contributed by atoms with Crippen LogP contribution < -0.4 is 0 Å². The molecule has 0 aliphatic heterocycles. The van der Waals surface area contributed by atoms with Crippen molar-refractivity contribution in [2.24, 2.45) is 0 Å². The summed E-state index contributed by atoms with van der Waals surface area (Å²) >= 11 is -34.2. The van der Waals surface area contributed by atoms with Crippen molar-refractivity contribution in [1.29, 1.82) is 0 Å². The van der Waals surface area contributed by atoms with Gasteiger partial charge in [0.1, 0.15) is 0 Å². The van der Waals surface area contributed by atoms with Crippen LogP contribution in [0.3, 0.4) is 0 Å². The number of hydrogen-bond acceptors (Lipinski definition) is 0. The molecule has 26 heteroatoms. The first-order chi connectivity index (χ1) is 10.0. The van der Waals surface area contributed by atoms with Crippen molar-refractivity contribution in [3.05, 3.63) is 0 Å². The maximum atomic E-state index is 9.85. The molecule has 0 unspecified atom stereocenters. The van der Waals surface area contributed by atoms with E-state index >= 15 is 0 Å². The molecule has 1 radical (unpaired) electrons. The Kier molecular flexibility index (Phi) is 30.8. The maximum absolute atomic E-state index is 9.85. The van der Waals surface area contributed by atoms with E-state index in [0.29, 0.717) is 0 Å². The van der Waals surface area contributed by atoms with Crippen LogP contribution in [0.1, 0.15) is 0 Å². The third-order valence-corrected chi connectivity index (χ3v) is 0. The fourth-order valence-corrected chi connectivity index (χ4v) is 0. The third kappa shape index (κ3) is 2150. The van der Waals surface area contributed by atoms with E-state index in [1.807, 2.05) is 0 Å². The summed E-state index contributed by atoms with van der Waals surface area (Å²) in [7, 11) is 0. The molecule has 26 heavy (non-hydrogen) atoms. The Morgan fingerprint density at radius 2 is 0.192 bits per heavy atom. The number of rotatable bonds is 0. The average Bonchev–Trinajstić information content (AvgIpc) is 1.79. The van der Waals surface area contributed by atoms with Crippen molar-refractivity contribution in [2.45, 2.75) is 0 Å². The molecule has 0 saturated carbocycles. The van der Waals surface area contributed by atoms with Gasteiger partial charge in [-0.3, -0.25) is 0 Å². The fraction of sp³-hybridized carbons (Fsp3) is 0. The van der Waals surface area contributed by atoms with Crippen LogP contribution in [0, 0.1) is 0 Å². The molecule has 0 spiro atoms. The zero-order valence-corrected chi connectivity index (χ0v) is 20.3. The summed E-state index contributed by atoms with van der Waals surface area (Å²) in [4.78, 5) is 0. The van der Waals surface area contributed by atoms with E-state index in [-0.39, 0.29) is 51.4 Å². The van der Waals surface area contributed by atoms with Gasteiger partial charge in [-0.25, -0.2) is 0 Å². The molecule has 0 atom stereocenters. The molecule has 0 aromatic carbocycles. The van der Waals surface area contributed by atoms with Crippen molar-refractivity contribution < 1.29 is 70.5 Å². The Hall–Kier alpha value is 2.90. The molecule has 0 aromatic rings. The van der Waals surface area contributed by atoms with E-state index in [1.54, 1.807) is 0 Å². The van der Waals surface area contributed by atoms with Crippen LogP contribution in [0.25, 0.3) is 0 Å². The van der Waals surface area contributed by atoms with Crippen LogP contribution in [0.2, 0.25) is 0 Å². The van der Waals surface area contributed by atoms with Crippen LogP contribution in [0.15, 0.2) is 0 Å². The Labute approximate surface area is 193 Å². The van der Waals surface area contributed by atoms with Crippen molar-refractivity contribution >= 4 is 126 Å². The molecule has 0 nitrogen and oxygen atoms in total. The zero-order chi connectivity index (χ0) is 22.5. The summed E-state index contributed by atoms with van der Waals surface area (Å²) in [6.45, 7) is 0. The van der Waals surface area contributed by atoms with Gasteiger partial charge in [-0.05, 0) is 0 Å². The molecule has 0 amide bonds. The minimum Gasteiger partial charge on any atom is -0.510 e. The number of halogens is 20. The molecule has 0 aliphatic carbocycles. The SMILES string of the molecule is [F][Al-]([F])([F])[F].[F][Al-]([F])([F])[F].[F][Al-]([F])([F])[F].[F][Al-]([F])([F])[F].[F][Al-]([F])([F])[F].[K]. The monoisotopic (exact) mass is 554 g/mol. The Morgan fingerprint density at radius 1 is 0.192 bits per heavy atom. The quantitative estimate of drug-likeness (QED) is 0.250. The molecule has 0 N–H and O–H groups in total. The van der Waals surface area contributed by atoms with Gasteiger partial charge in [-0.1, -0.05) is 0 Å². The zero-order valence-electron chi connectivity index (χ0n) is 11.4. The second kappa shape index (κ2) is 18.7. The van der Waals surface area contributed by atoms with E-state index in [1.165, 1.54) is 0 Å². The molecular formula is Al5F20K-5. The van der Waals surface area contributed by atoms with E-state index < -0.39 is 74.6 Å². The predicted molar refractivity (Wildman–Crippen MR) is 56.7 cm³/mol. The number of hydrogen-bond donors (Lipinski definition) is 0. The topological polar surface area (TPSA) is 0 Å². The standard InChI is InChI=1S/5Al.20FH.K/h;;;;;20*1H;/q5*+3;;;;;;;;;;;;;;;;;;;;;/p-20. The second-order valence-corrected chi connectivity index (χ2v) is 7.42. The van der Waals surface area contributed by atoms with Crippen molar-refractivity contribution in [1.82, 2.24) is 0 Å². The second-order valence-electron chi connectivity index (χ2n) is 2.47. The fourth-order valence-electron chi connectivity index (χ4n) is 0. The van der Waals surface area contributed by atoms with Gasteiger partial charge in [-0.15, -0.1) is 0 Å². The van der Waals surface area contributed by atoms with Crippen LogP contribution >= 0.6 is 0 Å². The smallest absolute Gasteiger partial charge is 0.510 e. The summed E-state index contributed by atoms with van der Waals surface area (Å²) in [6, 6.07) is 0. The first kappa shape index (κ1) is 42.9. The molecule has 0 saturated heterocycles. The van der Waals surface area contributed by atoms with Crippen molar-refractivity contribution in [2.75, 3.05) is 0 Å². The Morgan fingerprint density at radius 3 is 0.192 bits per heavy atom. The first-order valence-electron chi connectivity index (χ1n) is 4.36. The molecular weight excluding hydrogens is 554 g/mol. The van der Waals surface area contributed by atoms with Gasteiger partial charge >= 0.3 is 74.6 Å². The summed E-state index contributed by atoms with van der Waals surface area (Å²) < 4.78 is 197. The van der Waals surface area contributed by atoms with E-state index in [2.05, 4.69) is 0 Å². The Balaban J connectivity index is -0.0000000476. The minimum absolute atomic E-state index is 0. The van der Waals surface area contributed by atoms with Gasteiger partial charge in [0.15, 0.2) is 0 Å². The summed E-state index contributed by atoms with van der Waals surface area (Å²) in [5, 5.41) is 0. The van der Waals surface area contributed by atoms with Gasteiger partial charge in [0.25, 0.3) is 0 Å². The van der Waals surface area contributed by atoms with E-state index in [9.17, 15) is 70.5 Å². The van der Waals surface area contributed by atoms with Gasteiger partial charge in [0.2, 0.25) is 0 Å². The average molecular weight is 554 g/mol. The Bertz CT molecular complexity index is 171. The molecule has 0 heterocycles. The van der Waals surface area contributed by atoms with Crippen LogP contribution in [0.5, 0.6) is 0 Å². The summed E-state index contributed by atoms with van der Waals surface area (Å²) in [5.41, 5.74) is 0. The molecule has 0 bridgehead atoms. The van der Waals surface area contributed by atoms with Gasteiger partial charge in [-0.2, -0.15) is 0 Å². The normalized spacial score (nSPS) is 11.5. The van der Waals surface area contributed by atoms with Crippen molar-refractivity contribution in [3.8, 4) is 0 Å². The third-order valence-electron chi connectivity index (χ3n) is 0. The molecule has 161 valence electrons. The molecule has 0 fully saturated rings. The van der Waals surface area contributed by atoms with E-state index in [0.717, 1.165) is 0 Å². The van der Waals surface area contributed by atoms with Gasteiger partial charge in [0.05, 0.1) is 0 Å². The van der Waals surface area contributed by atoms with Gasteiger partial charge in [0, 0.05) is 51.4 Å². The predicted octanol–water partition coefficient (Wildman–Crippen LogP) is 6.12. The van der Waals surface area contributed by atoms with E-state index in [4.69, 9.17) is 0 Å². The molecule has 0 aliphatic rings. The molecule has 0 aromatic heterocycles.